The first-order chi connectivity index (χ1) is 8.65. The van der Waals surface area contributed by atoms with Gasteiger partial charge in [-0.15, -0.1) is 0 Å². The van der Waals surface area contributed by atoms with Crippen molar-refractivity contribution in [2.75, 3.05) is 18.5 Å². The molecular formula is C14H20N2O2. The molecule has 4 nitrogen and oxygen atoms in total. The van der Waals surface area contributed by atoms with E-state index in [2.05, 4.69) is 10.6 Å². The smallest absolute Gasteiger partial charge is 0.319 e. The molecule has 1 fully saturated rings. The molecule has 1 unspecified atom stereocenters. The van der Waals surface area contributed by atoms with Crippen LogP contribution in [-0.2, 0) is 4.74 Å². The third kappa shape index (κ3) is 3.47. The molecule has 1 aliphatic rings. The molecule has 0 saturated carbocycles. The molecular weight excluding hydrogens is 228 g/mol. The molecule has 1 aromatic carbocycles. The van der Waals surface area contributed by atoms with Crippen LogP contribution >= 0.6 is 0 Å². The summed E-state index contributed by atoms with van der Waals surface area (Å²) in [5.74, 6) is 0. The number of anilines is 1. The lowest BCUT2D eigenvalue weighted by Crippen LogP contribution is -2.35. The summed E-state index contributed by atoms with van der Waals surface area (Å²) >= 11 is 0. The van der Waals surface area contributed by atoms with Gasteiger partial charge in [-0.2, -0.15) is 0 Å². The molecule has 1 heterocycles. The Hall–Kier alpha value is -1.55. The van der Waals surface area contributed by atoms with Gasteiger partial charge in [0.1, 0.15) is 0 Å². The number of carbonyl (C=O) groups excluding carboxylic acids is 1. The third-order valence-electron chi connectivity index (χ3n) is 3.16. The summed E-state index contributed by atoms with van der Waals surface area (Å²) in [5, 5.41) is 5.71. The first-order valence-corrected chi connectivity index (χ1v) is 6.39. The fourth-order valence-corrected chi connectivity index (χ4v) is 2.05. The zero-order valence-corrected chi connectivity index (χ0v) is 11.0. The van der Waals surface area contributed by atoms with E-state index >= 15 is 0 Å². The zero-order chi connectivity index (χ0) is 13.0. The van der Waals surface area contributed by atoms with Crippen molar-refractivity contribution in [3.05, 3.63) is 29.3 Å². The molecule has 2 N–H and O–H groups in total. The average Bonchev–Trinajstić information content (AvgIpc) is 2.84. The van der Waals surface area contributed by atoms with Crippen molar-refractivity contribution < 1.29 is 9.53 Å². The first kappa shape index (κ1) is 12.9. The number of rotatable bonds is 3. The largest absolute Gasteiger partial charge is 0.376 e. The molecule has 0 bridgehead atoms. The minimum atomic E-state index is -0.167. The fourth-order valence-electron chi connectivity index (χ4n) is 2.05. The maximum absolute atomic E-state index is 11.8. The highest BCUT2D eigenvalue weighted by Gasteiger charge is 2.16. The second kappa shape index (κ2) is 5.87. The lowest BCUT2D eigenvalue weighted by molar-refractivity contribution is 0.112. The van der Waals surface area contributed by atoms with Crippen LogP contribution in [0.1, 0.15) is 24.0 Å². The molecule has 0 aliphatic carbocycles. The van der Waals surface area contributed by atoms with E-state index in [4.69, 9.17) is 4.74 Å². The molecule has 0 radical (unpaired) electrons. The molecule has 1 aromatic rings. The van der Waals surface area contributed by atoms with Gasteiger partial charge in [0.2, 0.25) is 0 Å². The molecule has 2 rings (SSSR count). The Morgan fingerprint density at radius 2 is 2.28 bits per heavy atom. The summed E-state index contributed by atoms with van der Waals surface area (Å²) < 4.78 is 5.45. The quantitative estimate of drug-likeness (QED) is 0.864. The lowest BCUT2D eigenvalue weighted by Gasteiger charge is -2.13. The van der Waals surface area contributed by atoms with Gasteiger partial charge in [-0.3, -0.25) is 0 Å². The second-order valence-electron chi connectivity index (χ2n) is 4.79. The zero-order valence-electron chi connectivity index (χ0n) is 11.0. The number of urea groups is 1. The van der Waals surface area contributed by atoms with E-state index in [1.807, 2.05) is 32.0 Å². The van der Waals surface area contributed by atoms with Crippen molar-refractivity contribution in [3.8, 4) is 0 Å². The lowest BCUT2D eigenvalue weighted by atomic mass is 10.1. The highest BCUT2D eigenvalue weighted by molar-refractivity contribution is 5.90. The van der Waals surface area contributed by atoms with Crippen LogP contribution in [0.5, 0.6) is 0 Å². The number of hydrogen-bond acceptors (Lipinski definition) is 2. The van der Waals surface area contributed by atoms with Crippen molar-refractivity contribution in [2.24, 2.45) is 0 Å². The molecule has 0 aromatic heterocycles. The molecule has 1 saturated heterocycles. The average molecular weight is 248 g/mol. The topological polar surface area (TPSA) is 50.4 Å². The van der Waals surface area contributed by atoms with Crippen LogP contribution in [0.15, 0.2) is 18.2 Å². The predicted molar refractivity (Wildman–Crippen MR) is 71.9 cm³/mol. The van der Waals surface area contributed by atoms with Gasteiger partial charge in [-0.05, 0) is 43.9 Å². The van der Waals surface area contributed by atoms with Gasteiger partial charge in [0.15, 0.2) is 0 Å². The van der Waals surface area contributed by atoms with E-state index in [0.717, 1.165) is 36.3 Å². The Morgan fingerprint density at radius 3 is 3.00 bits per heavy atom. The van der Waals surface area contributed by atoms with Gasteiger partial charge < -0.3 is 15.4 Å². The molecule has 1 atom stereocenters. The summed E-state index contributed by atoms with van der Waals surface area (Å²) in [6, 6.07) is 5.84. The molecule has 4 heteroatoms. The number of nitrogens with one attached hydrogen (secondary N) is 2. The predicted octanol–water partition coefficient (Wildman–Crippen LogP) is 2.60. The van der Waals surface area contributed by atoms with Crippen LogP contribution in [0.2, 0.25) is 0 Å². The fraction of sp³-hybridized carbons (Fsp3) is 0.500. The van der Waals surface area contributed by atoms with Crippen LogP contribution in [-0.4, -0.2) is 25.3 Å². The summed E-state index contributed by atoms with van der Waals surface area (Å²) in [6.07, 6.45) is 2.30. The van der Waals surface area contributed by atoms with E-state index in [1.165, 1.54) is 0 Å². The van der Waals surface area contributed by atoms with Gasteiger partial charge in [0.25, 0.3) is 0 Å². The number of amides is 2. The monoisotopic (exact) mass is 248 g/mol. The maximum Gasteiger partial charge on any atom is 0.319 e. The highest BCUT2D eigenvalue weighted by atomic mass is 16.5. The number of ether oxygens (including phenoxy) is 1. The highest BCUT2D eigenvalue weighted by Crippen LogP contribution is 2.16. The van der Waals surface area contributed by atoms with E-state index in [-0.39, 0.29) is 12.1 Å². The Bertz CT molecular complexity index is 426. The van der Waals surface area contributed by atoms with Crippen LogP contribution < -0.4 is 10.6 Å². The molecule has 98 valence electrons. The number of aryl methyl sites for hydroxylation is 2. The molecule has 2 amide bonds. The Kier molecular flexibility index (Phi) is 4.20. The van der Waals surface area contributed by atoms with Crippen LogP contribution in [0.3, 0.4) is 0 Å². The van der Waals surface area contributed by atoms with Gasteiger partial charge in [0, 0.05) is 18.8 Å². The Morgan fingerprint density at radius 1 is 1.44 bits per heavy atom. The van der Waals surface area contributed by atoms with Gasteiger partial charge in [-0.1, -0.05) is 12.1 Å². The van der Waals surface area contributed by atoms with Gasteiger partial charge in [-0.25, -0.2) is 4.79 Å². The van der Waals surface area contributed by atoms with Crippen molar-refractivity contribution in [1.29, 1.82) is 0 Å². The SMILES string of the molecule is Cc1ccc(C)c(NC(=O)NCC2CCCO2)c1. The van der Waals surface area contributed by atoms with Crippen LogP contribution in [0.25, 0.3) is 0 Å². The van der Waals surface area contributed by atoms with E-state index in [0.29, 0.717) is 6.54 Å². The molecule has 1 aliphatic heterocycles. The molecule has 0 spiro atoms. The van der Waals surface area contributed by atoms with Crippen molar-refractivity contribution in [1.82, 2.24) is 5.32 Å². The minimum Gasteiger partial charge on any atom is -0.376 e. The van der Waals surface area contributed by atoms with Crippen molar-refractivity contribution in [2.45, 2.75) is 32.8 Å². The minimum absolute atomic E-state index is 0.167. The van der Waals surface area contributed by atoms with Crippen LogP contribution in [0.4, 0.5) is 10.5 Å². The van der Waals surface area contributed by atoms with E-state index < -0.39 is 0 Å². The number of benzene rings is 1. The normalized spacial score (nSPS) is 18.7. The first-order valence-electron chi connectivity index (χ1n) is 6.39. The maximum atomic E-state index is 11.8. The standard InChI is InChI=1S/C14H20N2O2/c1-10-5-6-11(2)13(8-10)16-14(17)15-9-12-4-3-7-18-12/h5-6,8,12H,3-4,7,9H2,1-2H3,(H2,15,16,17). The summed E-state index contributed by atoms with van der Waals surface area (Å²) in [6.45, 7) is 5.38. The van der Waals surface area contributed by atoms with Gasteiger partial charge in [0.05, 0.1) is 6.10 Å². The van der Waals surface area contributed by atoms with Crippen molar-refractivity contribution in [3.63, 3.8) is 0 Å². The van der Waals surface area contributed by atoms with E-state index in [1.54, 1.807) is 0 Å². The summed E-state index contributed by atoms with van der Waals surface area (Å²) in [4.78, 5) is 11.8. The summed E-state index contributed by atoms with van der Waals surface area (Å²) in [7, 11) is 0. The van der Waals surface area contributed by atoms with Crippen LogP contribution in [0, 0.1) is 13.8 Å². The molecule has 18 heavy (non-hydrogen) atoms. The third-order valence-corrected chi connectivity index (χ3v) is 3.16. The Labute approximate surface area is 108 Å². The number of carbonyl (C=O) groups is 1. The van der Waals surface area contributed by atoms with Crippen molar-refractivity contribution >= 4 is 11.7 Å². The van der Waals surface area contributed by atoms with Gasteiger partial charge >= 0.3 is 6.03 Å². The summed E-state index contributed by atoms with van der Waals surface area (Å²) in [5.41, 5.74) is 3.06. The van der Waals surface area contributed by atoms with E-state index in [9.17, 15) is 4.79 Å². The second-order valence-corrected chi connectivity index (χ2v) is 4.79. The number of hydrogen-bond donors (Lipinski definition) is 2. The Balaban J connectivity index is 1.84.